The number of nitrogens with one attached hydrogen (secondary N) is 3. The van der Waals surface area contributed by atoms with Crippen LogP contribution in [0, 0.1) is 6.92 Å². The number of aromatic nitrogens is 3. The lowest BCUT2D eigenvalue weighted by molar-refractivity contribution is -0.120. The smallest absolute Gasteiger partial charge is 0.347 e. The zero-order valence-electron chi connectivity index (χ0n) is 23.0. The van der Waals surface area contributed by atoms with Gasteiger partial charge >= 0.3 is 5.97 Å². The molecule has 0 spiro atoms. The Morgan fingerprint density at radius 3 is 2.54 bits per heavy atom. The van der Waals surface area contributed by atoms with Gasteiger partial charge in [-0.2, -0.15) is 9.97 Å². The van der Waals surface area contributed by atoms with Crippen LogP contribution in [-0.2, 0) is 27.8 Å². The summed E-state index contributed by atoms with van der Waals surface area (Å²) in [5.41, 5.74) is 2.82. The largest absolute Gasteiger partial charge is 0.477 e. The Morgan fingerprint density at radius 2 is 1.88 bits per heavy atom. The molecule has 4 heterocycles. The number of hydrogen-bond donors (Lipinski definition) is 4. The third-order valence-corrected chi connectivity index (χ3v) is 9.70. The molecule has 0 radical (unpaired) electrons. The molecule has 2 aromatic heterocycles. The molecule has 13 nitrogen and oxygen atoms in total. The zero-order chi connectivity index (χ0) is 29.3. The molecule has 2 aliphatic heterocycles. The fourth-order valence-electron chi connectivity index (χ4n) is 4.71. The first-order chi connectivity index (χ1) is 19.5. The minimum Gasteiger partial charge on any atom is -0.477 e. The van der Waals surface area contributed by atoms with E-state index in [0.717, 1.165) is 47.7 Å². The van der Waals surface area contributed by atoms with Crippen LogP contribution in [0.3, 0.4) is 0 Å². The highest BCUT2D eigenvalue weighted by molar-refractivity contribution is 7.93. The maximum atomic E-state index is 12.2. The van der Waals surface area contributed by atoms with Gasteiger partial charge in [-0.1, -0.05) is 23.5 Å². The van der Waals surface area contributed by atoms with Crippen LogP contribution in [-0.4, -0.2) is 71.8 Å². The Bertz CT molecular complexity index is 1570. The first-order valence-electron chi connectivity index (χ1n) is 13.3. The molecule has 218 valence electrons. The first kappa shape index (κ1) is 28.5. The van der Waals surface area contributed by atoms with E-state index in [-0.39, 0.29) is 23.3 Å². The minimum atomic E-state index is -3.44. The van der Waals surface area contributed by atoms with Crippen LogP contribution in [0.15, 0.2) is 24.3 Å². The maximum absolute atomic E-state index is 12.2. The summed E-state index contributed by atoms with van der Waals surface area (Å²) in [6, 6.07) is 7.26. The van der Waals surface area contributed by atoms with Crippen molar-refractivity contribution in [2.75, 3.05) is 46.0 Å². The Balaban J connectivity index is 1.46. The van der Waals surface area contributed by atoms with E-state index >= 15 is 0 Å². The number of anilines is 5. The molecule has 0 atom stereocenters. The molecular formula is C26H32N8O5S2. The fraction of sp³-hybridized carbons (Fsp3) is 0.423. The molecule has 0 unspecified atom stereocenters. The Hall–Kier alpha value is -3.98. The highest BCUT2D eigenvalue weighted by atomic mass is 32.2. The SMILES string of the molecule is Cc1nc(Nc2nc(N3CCNC(=O)C3)c3c(n2)N(Cc2ccc(NS(=O)(=O)C(C)C)cc2)CCC3)sc1C(=O)O. The second kappa shape index (κ2) is 11.5. The number of benzene rings is 1. The van der Waals surface area contributed by atoms with Crippen LogP contribution in [0.2, 0.25) is 0 Å². The molecule has 41 heavy (non-hydrogen) atoms. The maximum Gasteiger partial charge on any atom is 0.347 e. The molecule has 1 fully saturated rings. The van der Waals surface area contributed by atoms with Crippen molar-refractivity contribution < 1.29 is 23.1 Å². The number of carboxylic acid groups (broad SMARTS) is 1. The van der Waals surface area contributed by atoms with Crippen molar-refractivity contribution in [1.29, 1.82) is 0 Å². The highest BCUT2D eigenvalue weighted by Crippen LogP contribution is 2.36. The van der Waals surface area contributed by atoms with Crippen LogP contribution < -0.4 is 25.2 Å². The van der Waals surface area contributed by atoms with Crippen LogP contribution in [0.5, 0.6) is 0 Å². The molecule has 0 aliphatic carbocycles. The molecule has 3 aromatic rings. The van der Waals surface area contributed by atoms with E-state index < -0.39 is 21.2 Å². The third-order valence-electron chi connectivity index (χ3n) is 6.87. The van der Waals surface area contributed by atoms with Gasteiger partial charge in [-0.15, -0.1) is 0 Å². The number of fused-ring (bicyclic) bond motifs is 1. The number of sulfonamides is 1. The summed E-state index contributed by atoms with van der Waals surface area (Å²) < 4.78 is 27.1. The van der Waals surface area contributed by atoms with Gasteiger partial charge in [0.05, 0.1) is 17.5 Å². The average molecular weight is 601 g/mol. The van der Waals surface area contributed by atoms with E-state index in [1.54, 1.807) is 32.9 Å². The predicted octanol–water partition coefficient (Wildman–Crippen LogP) is 2.72. The quantitative estimate of drug-likeness (QED) is 0.285. The Morgan fingerprint density at radius 1 is 1.15 bits per heavy atom. The van der Waals surface area contributed by atoms with Crippen LogP contribution >= 0.6 is 11.3 Å². The van der Waals surface area contributed by atoms with E-state index in [9.17, 15) is 23.1 Å². The van der Waals surface area contributed by atoms with Gasteiger partial charge in [-0.25, -0.2) is 18.2 Å². The topological polar surface area (TPSA) is 170 Å². The lowest BCUT2D eigenvalue weighted by atomic mass is 10.0. The Labute approximate surface area is 242 Å². The summed E-state index contributed by atoms with van der Waals surface area (Å²) >= 11 is 1.01. The minimum absolute atomic E-state index is 0.0828. The van der Waals surface area contributed by atoms with Crippen molar-refractivity contribution >= 4 is 61.6 Å². The fourth-order valence-corrected chi connectivity index (χ4v) is 6.21. The van der Waals surface area contributed by atoms with E-state index in [1.807, 2.05) is 17.0 Å². The number of hydrogen-bond acceptors (Lipinski definition) is 11. The summed E-state index contributed by atoms with van der Waals surface area (Å²) in [4.78, 5) is 41.9. The monoisotopic (exact) mass is 600 g/mol. The van der Waals surface area contributed by atoms with Crippen molar-refractivity contribution in [1.82, 2.24) is 20.3 Å². The molecule has 4 N–H and O–H groups in total. The predicted molar refractivity (Wildman–Crippen MR) is 158 cm³/mol. The number of carboxylic acids is 1. The van der Waals surface area contributed by atoms with E-state index in [0.29, 0.717) is 42.0 Å². The molecular weight excluding hydrogens is 568 g/mol. The van der Waals surface area contributed by atoms with Crippen LogP contribution in [0.4, 0.5) is 28.4 Å². The zero-order valence-corrected chi connectivity index (χ0v) is 24.6. The molecule has 0 bridgehead atoms. The second-order valence-corrected chi connectivity index (χ2v) is 13.5. The van der Waals surface area contributed by atoms with Gasteiger partial charge in [0.25, 0.3) is 0 Å². The number of rotatable bonds is 9. The normalized spacial score (nSPS) is 15.5. The summed E-state index contributed by atoms with van der Waals surface area (Å²) in [6.07, 6.45) is 1.62. The van der Waals surface area contributed by atoms with E-state index in [2.05, 4.69) is 25.2 Å². The van der Waals surface area contributed by atoms with Gasteiger partial charge in [0, 0.05) is 37.4 Å². The molecule has 0 saturated carbocycles. The standard InChI is InChI=1S/C26H32N8O5S2/c1-15(2)41(38,39)32-18-8-6-17(7-9-18)13-33-11-4-5-19-22(33)29-25(30-23(19)34-12-10-27-20(35)14-34)31-26-28-16(3)21(40-26)24(36)37/h6-9,15,32H,4-5,10-14H2,1-3H3,(H,27,35)(H,36,37)(H,28,29,30,31). The van der Waals surface area contributed by atoms with Crippen molar-refractivity contribution in [3.8, 4) is 0 Å². The van der Waals surface area contributed by atoms with Crippen molar-refractivity contribution in [3.05, 3.63) is 46.0 Å². The molecule has 15 heteroatoms. The highest BCUT2D eigenvalue weighted by Gasteiger charge is 2.29. The number of nitrogens with zero attached hydrogens (tertiary/aromatic N) is 5. The summed E-state index contributed by atoms with van der Waals surface area (Å²) in [7, 11) is -3.44. The number of aromatic carboxylic acids is 1. The molecule has 1 aromatic carbocycles. The van der Waals surface area contributed by atoms with Gasteiger partial charge in [-0.3, -0.25) is 14.8 Å². The number of amides is 1. The number of piperazine rings is 1. The molecule has 1 saturated heterocycles. The Kier molecular flexibility index (Phi) is 8.00. The van der Waals surface area contributed by atoms with Crippen LogP contribution in [0.25, 0.3) is 0 Å². The van der Waals surface area contributed by atoms with Gasteiger partial charge in [0.2, 0.25) is 21.9 Å². The summed E-state index contributed by atoms with van der Waals surface area (Å²) in [5, 5.41) is 15.2. The number of carbonyl (C=O) groups is 2. The van der Waals surface area contributed by atoms with Crippen molar-refractivity contribution in [2.45, 2.75) is 45.4 Å². The van der Waals surface area contributed by atoms with E-state index in [4.69, 9.17) is 9.97 Å². The number of aryl methyl sites for hydroxylation is 1. The van der Waals surface area contributed by atoms with Crippen molar-refractivity contribution in [2.24, 2.45) is 0 Å². The van der Waals surface area contributed by atoms with Crippen LogP contribution in [0.1, 0.15) is 46.8 Å². The molecule has 1 amide bonds. The summed E-state index contributed by atoms with van der Waals surface area (Å²) in [6.45, 7) is 7.44. The van der Waals surface area contributed by atoms with Gasteiger partial charge < -0.3 is 20.2 Å². The lowest BCUT2D eigenvalue weighted by Gasteiger charge is -2.35. The van der Waals surface area contributed by atoms with Gasteiger partial charge in [-0.05, 0) is 51.3 Å². The lowest BCUT2D eigenvalue weighted by Crippen LogP contribution is -2.48. The molecule has 5 rings (SSSR count). The summed E-state index contributed by atoms with van der Waals surface area (Å²) in [5.74, 6) is 0.531. The van der Waals surface area contributed by atoms with Gasteiger partial charge in [0.15, 0.2) is 5.13 Å². The number of carbonyl (C=O) groups excluding carboxylic acids is 1. The van der Waals surface area contributed by atoms with Crippen molar-refractivity contribution in [3.63, 3.8) is 0 Å². The molecule has 2 aliphatic rings. The van der Waals surface area contributed by atoms with E-state index in [1.165, 1.54) is 0 Å². The number of thiazole rings is 1. The second-order valence-electron chi connectivity index (χ2n) is 10.2. The first-order valence-corrected chi connectivity index (χ1v) is 15.6. The van der Waals surface area contributed by atoms with Gasteiger partial charge in [0.1, 0.15) is 16.5 Å². The average Bonchev–Trinajstić information content (AvgIpc) is 3.29. The third kappa shape index (κ3) is 6.35.